The number of sulfonamides is 1. The van der Waals surface area contributed by atoms with Gasteiger partial charge >= 0.3 is 0 Å². The number of hydrogen-bond donors (Lipinski definition) is 1. The van der Waals surface area contributed by atoms with Gasteiger partial charge in [0.15, 0.2) is 11.6 Å². The first-order chi connectivity index (χ1) is 16.3. The zero-order valence-corrected chi connectivity index (χ0v) is 20.4. The Morgan fingerprint density at radius 2 is 1.74 bits per heavy atom. The summed E-state index contributed by atoms with van der Waals surface area (Å²) in [6.45, 7) is 2.65. The molecule has 2 aromatic rings. The van der Waals surface area contributed by atoms with E-state index in [2.05, 4.69) is 9.62 Å². The highest BCUT2D eigenvalue weighted by molar-refractivity contribution is 7.89. The van der Waals surface area contributed by atoms with Gasteiger partial charge in [-0.2, -0.15) is 0 Å². The number of para-hydroxylation sites is 1. The van der Waals surface area contributed by atoms with Gasteiger partial charge in [-0.1, -0.05) is 29.8 Å². The lowest BCUT2D eigenvalue weighted by Gasteiger charge is -2.41. The van der Waals surface area contributed by atoms with Crippen LogP contribution in [0.15, 0.2) is 53.4 Å². The highest BCUT2D eigenvalue weighted by atomic mass is 35.5. The first kappa shape index (κ1) is 24.9. The van der Waals surface area contributed by atoms with Crippen LogP contribution in [0.3, 0.4) is 0 Å². The van der Waals surface area contributed by atoms with Crippen LogP contribution in [0, 0.1) is 5.82 Å². The van der Waals surface area contributed by atoms with Crippen molar-refractivity contribution in [3.8, 4) is 5.75 Å². The molecule has 2 aliphatic rings. The van der Waals surface area contributed by atoms with Crippen molar-refractivity contribution in [3.63, 3.8) is 0 Å². The molecule has 0 spiro atoms. The number of likely N-dealkylation sites (tertiary alicyclic amines) is 2. The number of nitrogens with zero attached hydrogens (tertiary/aromatic N) is 2. The third-order valence-electron chi connectivity index (χ3n) is 6.46. The van der Waals surface area contributed by atoms with E-state index < -0.39 is 10.0 Å². The molecule has 0 saturated carbocycles. The van der Waals surface area contributed by atoms with Crippen LogP contribution in [-0.2, 0) is 14.8 Å². The topological polar surface area (TPSA) is 79.0 Å². The Bertz CT molecular complexity index is 1100. The van der Waals surface area contributed by atoms with E-state index in [-0.39, 0.29) is 29.3 Å². The number of hydrogen-bond acceptors (Lipinski definition) is 5. The molecule has 1 N–H and O–H groups in total. The van der Waals surface area contributed by atoms with Crippen molar-refractivity contribution in [1.82, 2.24) is 14.5 Å². The van der Waals surface area contributed by atoms with Crippen molar-refractivity contribution in [2.45, 2.75) is 42.7 Å². The van der Waals surface area contributed by atoms with Crippen molar-refractivity contribution in [2.24, 2.45) is 0 Å². The molecule has 0 radical (unpaired) electrons. The highest BCUT2D eigenvalue weighted by Gasteiger charge is 2.30. The molecule has 1 amide bonds. The fourth-order valence-corrected chi connectivity index (χ4v) is 5.82. The molecule has 2 aromatic carbocycles. The summed E-state index contributed by atoms with van der Waals surface area (Å²) in [6, 6.07) is 12.8. The Labute approximate surface area is 204 Å². The summed E-state index contributed by atoms with van der Waals surface area (Å²) in [5.74, 6) is -0.267. The second-order valence-corrected chi connectivity index (χ2v) is 10.9. The Kier molecular flexibility index (Phi) is 8.08. The molecule has 10 heteroatoms. The van der Waals surface area contributed by atoms with Crippen LogP contribution in [0.5, 0.6) is 5.75 Å². The van der Waals surface area contributed by atoms with Crippen molar-refractivity contribution < 1.29 is 22.3 Å². The monoisotopic (exact) mass is 509 g/mol. The van der Waals surface area contributed by atoms with Crippen LogP contribution in [0.25, 0.3) is 0 Å². The summed E-state index contributed by atoms with van der Waals surface area (Å²) in [5.41, 5.74) is 0. The molecule has 0 aromatic heterocycles. The lowest BCUT2D eigenvalue weighted by molar-refractivity contribution is -0.131. The fourth-order valence-electron chi connectivity index (χ4n) is 4.55. The van der Waals surface area contributed by atoms with E-state index >= 15 is 0 Å². The third-order valence-corrected chi connectivity index (χ3v) is 8.09. The predicted molar refractivity (Wildman–Crippen MR) is 128 cm³/mol. The minimum absolute atomic E-state index is 0.00216. The molecule has 2 fully saturated rings. The molecule has 0 unspecified atom stereocenters. The number of halogens is 2. The maximum Gasteiger partial charge on any atom is 0.241 e. The summed E-state index contributed by atoms with van der Waals surface area (Å²) >= 11 is 5.87. The van der Waals surface area contributed by atoms with E-state index in [1.165, 1.54) is 18.2 Å². The van der Waals surface area contributed by atoms with Crippen LogP contribution < -0.4 is 9.46 Å². The van der Waals surface area contributed by atoms with Gasteiger partial charge in [-0.25, -0.2) is 17.5 Å². The molecular weight excluding hydrogens is 481 g/mol. The number of benzene rings is 2. The van der Waals surface area contributed by atoms with Gasteiger partial charge in [0.2, 0.25) is 15.9 Å². The van der Waals surface area contributed by atoms with Crippen molar-refractivity contribution >= 4 is 27.5 Å². The van der Waals surface area contributed by atoms with Gasteiger partial charge in [0.1, 0.15) is 6.10 Å². The van der Waals surface area contributed by atoms with E-state index in [1.54, 1.807) is 35.2 Å². The van der Waals surface area contributed by atoms with Gasteiger partial charge in [-0.15, -0.1) is 0 Å². The van der Waals surface area contributed by atoms with Gasteiger partial charge in [0.05, 0.1) is 11.4 Å². The van der Waals surface area contributed by atoms with Gasteiger partial charge in [0, 0.05) is 37.2 Å². The Hall–Kier alpha value is -2.20. The molecule has 0 bridgehead atoms. The zero-order valence-electron chi connectivity index (χ0n) is 18.8. The number of carbonyl (C=O) groups excluding carboxylic acids is 1. The maximum atomic E-state index is 13.8. The minimum atomic E-state index is -3.80. The number of rotatable bonds is 7. The lowest BCUT2D eigenvalue weighted by Crippen LogP contribution is -2.51. The van der Waals surface area contributed by atoms with Gasteiger partial charge in [0.25, 0.3) is 0 Å². The minimum Gasteiger partial charge on any atom is -0.487 e. The Balaban J connectivity index is 1.20. The van der Waals surface area contributed by atoms with Gasteiger partial charge in [-0.3, -0.25) is 9.69 Å². The van der Waals surface area contributed by atoms with Crippen molar-refractivity contribution in [3.05, 3.63) is 59.4 Å². The zero-order chi connectivity index (χ0) is 24.1. The molecule has 4 rings (SSSR count). The summed E-state index contributed by atoms with van der Waals surface area (Å²) < 4.78 is 46.9. The molecule has 2 heterocycles. The first-order valence-electron chi connectivity index (χ1n) is 11.5. The second kappa shape index (κ2) is 11.0. The molecule has 0 aliphatic carbocycles. The van der Waals surface area contributed by atoms with E-state index in [0.717, 1.165) is 38.8 Å². The highest BCUT2D eigenvalue weighted by Crippen LogP contribution is 2.25. The quantitative estimate of drug-likeness (QED) is 0.619. The van der Waals surface area contributed by atoms with E-state index in [4.69, 9.17) is 16.3 Å². The molecule has 7 nitrogen and oxygen atoms in total. The molecule has 2 aliphatic heterocycles. The van der Waals surface area contributed by atoms with E-state index in [1.807, 2.05) is 0 Å². The summed E-state index contributed by atoms with van der Waals surface area (Å²) in [4.78, 5) is 16.8. The standard InChI is InChI=1S/C24H29ClFN3O4S/c25-18-4-3-5-21(16-18)34(31,32)27-17-24(30)29-12-8-19(9-13-29)28-14-10-20(11-15-28)33-23-7-2-1-6-22(23)26/h1-7,16,19-20,27H,8-15,17H2. The molecular formula is C24H29ClFN3O4S. The number of nitrogens with one attached hydrogen (secondary N) is 1. The van der Waals surface area contributed by atoms with Crippen LogP contribution >= 0.6 is 11.6 Å². The summed E-state index contributed by atoms with van der Waals surface area (Å²) in [6.07, 6.45) is 3.34. The lowest BCUT2D eigenvalue weighted by atomic mass is 9.98. The van der Waals surface area contributed by atoms with Crippen LogP contribution in [-0.4, -0.2) is 69.0 Å². The summed E-state index contributed by atoms with van der Waals surface area (Å²) in [5, 5.41) is 0.319. The largest absolute Gasteiger partial charge is 0.487 e. The number of amides is 1. The van der Waals surface area contributed by atoms with Crippen LogP contribution in [0.4, 0.5) is 4.39 Å². The predicted octanol–water partition coefficient (Wildman–Crippen LogP) is 3.29. The van der Waals surface area contributed by atoms with Crippen LogP contribution in [0.2, 0.25) is 5.02 Å². The normalized spacial score (nSPS) is 18.7. The number of carbonyl (C=O) groups is 1. The Morgan fingerprint density at radius 3 is 2.41 bits per heavy atom. The first-order valence-corrected chi connectivity index (χ1v) is 13.4. The van der Waals surface area contributed by atoms with Crippen LogP contribution in [0.1, 0.15) is 25.7 Å². The SMILES string of the molecule is O=C(CNS(=O)(=O)c1cccc(Cl)c1)N1CCC(N2CCC(Oc3ccccc3F)CC2)CC1. The Morgan fingerprint density at radius 1 is 1.03 bits per heavy atom. The second-order valence-electron chi connectivity index (χ2n) is 8.68. The van der Waals surface area contributed by atoms with Gasteiger partial charge in [-0.05, 0) is 56.0 Å². The molecule has 0 atom stereocenters. The number of piperidine rings is 2. The summed E-state index contributed by atoms with van der Waals surface area (Å²) in [7, 11) is -3.80. The molecule has 184 valence electrons. The van der Waals surface area contributed by atoms with Crippen molar-refractivity contribution in [1.29, 1.82) is 0 Å². The van der Waals surface area contributed by atoms with E-state index in [0.29, 0.717) is 29.9 Å². The number of ether oxygens (including phenoxy) is 1. The molecule has 2 saturated heterocycles. The third kappa shape index (κ3) is 6.27. The smallest absolute Gasteiger partial charge is 0.241 e. The molecule has 34 heavy (non-hydrogen) atoms. The van der Waals surface area contributed by atoms with Gasteiger partial charge < -0.3 is 9.64 Å². The maximum absolute atomic E-state index is 13.8. The average Bonchev–Trinajstić information content (AvgIpc) is 2.85. The average molecular weight is 510 g/mol. The fraction of sp³-hybridized carbons (Fsp3) is 0.458. The van der Waals surface area contributed by atoms with Crippen molar-refractivity contribution in [2.75, 3.05) is 32.7 Å². The van der Waals surface area contributed by atoms with E-state index in [9.17, 15) is 17.6 Å².